The van der Waals surface area contributed by atoms with E-state index in [2.05, 4.69) is 5.32 Å². The monoisotopic (exact) mass is 312 g/mol. The summed E-state index contributed by atoms with van der Waals surface area (Å²) in [6.45, 7) is 7.15. The molecule has 2 N–H and O–H groups in total. The van der Waals surface area contributed by atoms with E-state index in [4.69, 9.17) is 4.74 Å². The van der Waals surface area contributed by atoms with Gasteiger partial charge in [0.1, 0.15) is 5.60 Å². The number of hydrogen-bond donors (Lipinski definition) is 2. The van der Waals surface area contributed by atoms with Crippen molar-refractivity contribution in [3.05, 3.63) is 0 Å². The highest BCUT2D eigenvalue weighted by molar-refractivity contribution is 5.68. The molecule has 0 bridgehead atoms. The molecule has 0 aromatic carbocycles. The third kappa shape index (κ3) is 5.43. The minimum atomic E-state index is -0.434. The minimum absolute atomic E-state index is 0.208. The van der Waals surface area contributed by atoms with Crippen LogP contribution in [0.15, 0.2) is 0 Å². The zero-order valence-corrected chi connectivity index (χ0v) is 14.3. The molecule has 0 aromatic rings. The van der Waals surface area contributed by atoms with E-state index < -0.39 is 5.60 Å². The van der Waals surface area contributed by atoms with E-state index in [1.165, 1.54) is 12.8 Å². The van der Waals surface area contributed by atoms with E-state index in [1.54, 1.807) is 4.90 Å². The number of nitrogens with one attached hydrogen (secondary N) is 1. The Morgan fingerprint density at radius 1 is 1.09 bits per heavy atom. The first kappa shape index (κ1) is 17.5. The summed E-state index contributed by atoms with van der Waals surface area (Å²) in [6.07, 6.45) is 6.98. The number of aliphatic hydroxyl groups excluding tert-OH is 1. The molecule has 0 spiro atoms. The molecule has 1 saturated heterocycles. The van der Waals surface area contributed by atoms with Gasteiger partial charge in [0.25, 0.3) is 0 Å². The van der Waals surface area contributed by atoms with Gasteiger partial charge in [0.2, 0.25) is 0 Å². The topological polar surface area (TPSA) is 61.8 Å². The van der Waals surface area contributed by atoms with Crippen LogP contribution < -0.4 is 5.32 Å². The molecule has 2 atom stereocenters. The Morgan fingerprint density at radius 3 is 2.36 bits per heavy atom. The van der Waals surface area contributed by atoms with E-state index in [0.29, 0.717) is 6.04 Å². The van der Waals surface area contributed by atoms with Gasteiger partial charge in [-0.2, -0.15) is 0 Å². The van der Waals surface area contributed by atoms with Gasteiger partial charge >= 0.3 is 6.09 Å². The fourth-order valence-electron chi connectivity index (χ4n) is 3.34. The van der Waals surface area contributed by atoms with Crippen LogP contribution in [0, 0.1) is 0 Å². The van der Waals surface area contributed by atoms with Gasteiger partial charge in [-0.3, -0.25) is 0 Å². The second-order valence-electron chi connectivity index (χ2n) is 7.72. The average Bonchev–Trinajstić information content (AvgIpc) is 2.63. The molecule has 1 heterocycles. The van der Waals surface area contributed by atoms with Crippen molar-refractivity contribution in [2.24, 2.45) is 0 Å². The predicted octanol–water partition coefficient (Wildman–Crippen LogP) is 2.67. The summed E-state index contributed by atoms with van der Waals surface area (Å²) in [6, 6.07) is 0.622. The summed E-state index contributed by atoms with van der Waals surface area (Å²) in [5.74, 6) is 0. The molecule has 2 aliphatic rings. The molecule has 5 heteroatoms. The largest absolute Gasteiger partial charge is 0.444 e. The molecule has 5 nitrogen and oxygen atoms in total. The fourth-order valence-corrected chi connectivity index (χ4v) is 3.34. The number of hydrogen-bond acceptors (Lipinski definition) is 4. The third-order valence-electron chi connectivity index (χ3n) is 4.58. The number of nitrogens with zero attached hydrogens (tertiary/aromatic N) is 1. The van der Waals surface area contributed by atoms with Crippen LogP contribution in [-0.2, 0) is 4.74 Å². The lowest BCUT2D eigenvalue weighted by atomic mass is 10.00. The van der Waals surface area contributed by atoms with Crippen molar-refractivity contribution in [3.8, 4) is 0 Å². The highest BCUT2D eigenvalue weighted by atomic mass is 16.6. The molecule has 0 radical (unpaired) electrons. The number of piperidine rings is 1. The summed E-state index contributed by atoms with van der Waals surface area (Å²) in [5, 5.41) is 13.8. The van der Waals surface area contributed by atoms with Gasteiger partial charge < -0.3 is 20.1 Å². The molecular formula is C17H32N2O3. The van der Waals surface area contributed by atoms with Crippen molar-refractivity contribution in [1.29, 1.82) is 0 Å². The fraction of sp³-hybridized carbons (Fsp3) is 0.941. The maximum atomic E-state index is 12.1. The number of carbonyl (C=O) groups is 1. The van der Waals surface area contributed by atoms with Crippen molar-refractivity contribution in [2.75, 3.05) is 13.1 Å². The minimum Gasteiger partial charge on any atom is -0.444 e. The van der Waals surface area contributed by atoms with Crippen LogP contribution in [0.4, 0.5) is 4.79 Å². The van der Waals surface area contributed by atoms with Crippen molar-refractivity contribution in [3.63, 3.8) is 0 Å². The number of carbonyl (C=O) groups excluding carboxylic acids is 1. The first-order valence-corrected chi connectivity index (χ1v) is 8.77. The van der Waals surface area contributed by atoms with E-state index in [-0.39, 0.29) is 18.2 Å². The number of rotatable bonds is 2. The van der Waals surface area contributed by atoms with Crippen LogP contribution in [0.1, 0.15) is 65.7 Å². The molecule has 1 amide bonds. The van der Waals surface area contributed by atoms with Crippen molar-refractivity contribution in [2.45, 2.75) is 89.5 Å². The lowest BCUT2D eigenvalue weighted by Crippen LogP contribution is -2.51. The highest BCUT2D eigenvalue weighted by Crippen LogP contribution is 2.21. The SMILES string of the molecule is CC(C)(C)OC(=O)N1CCC(NC2CCCCCC2O)CC1. The van der Waals surface area contributed by atoms with Crippen molar-refractivity contribution in [1.82, 2.24) is 10.2 Å². The van der Waals surface area contributed by atoms with Crippen LogP contribution in [0.25, 0.3) is 0 Å². The second-order valence-corrected chi connectivity index (χ2v) is 7.72. The Hall–Kier alpha value is -0.810. The van der Waals surface area contributed by atoms with Gasteiger partial charge in [-0.25, -0.2) is 4.79 Å². The van der Waals surface area contributed by atoms with E-state index in [9.17, 15) is 9.90 Å². The number of aliphatic hydroxyl groups is 1. The smallest absolute Gasteiger partial charge is 0.410 e. The predicted molar refractivity (Wildman–Crippen MR) is 86.8 cm³/mol. The molecule has 2 rings (SSSR count). The van der Waals surface area contributed by atoms with E-state index in [1.807, 2.05) is 20.8 Å². The van der Waals surface area contributed by atoms with Crippen LogP contribution in [0.3, 0.4) is 0 Å². The first-order chi connectivity index (χ1) is 10.3. The summed E-state index contributed by atoms with van der Waals surface area (Å²) >= 11 is 0. The molecule has 1 saturated carbocycles. The zero-order chi connectivity index (χ0) is 16.2. The van der Waals surface area contributed by atoms with Gasteiger partial charge in [-0.05, 0) is 46.5 Å². The average molecular weight is 312 g/mol. The van der Waals surface area contributed by atoms with Gasteiger partial charge in [0.05, 0.1) is 6.10 Å². The quantitative estimate of drug-likeness (QED) is 0.770. The van der Waals surface area contributed by atoms with E-state index in [0.717, 1.165) is 45.2 Å². The third-order valence-corrected chi connectivity index (χ3v) is 4.58. The van der Waals surface area contributed by atoms with Crippen LogP contribution >= 0.6 is 0 Å². The lowest BCUT2D eigenvalue weighted by molar-refractivity contribution is 0.0185. The Morgan fingerprint density at radius 2 is 1.73 bits per heavy atom. The molecule has 2 unspecified atom stereocenters. The Labute approximate surface area is 134 Å². The molecule has 128 valence electrons. The molecule has 1 aliphatic heterocycles. The first-order valence-electron chi connectivity index (χ1n) is 8.77. The summed E-state index contributed by atoms with van der Waals surface area (Å²) in [4.78, 5) is 13.8. The Kier molecular flexibility index (Phi) is 6.09. The maximum Gasteiger partial charge on any atom is 0.410 e. The van der Waals surface area contributed by atoms with Crippen LogP contribution in [0.2, 0.25) is 0 Å². The Balaban J connectivity index is 1.76. The standard InChI is InChI=1S/C17H32N2O3/c1-17(2,3)22-16(21)19-11-9-13(10-12-19)18-14-7-5-4-6-8-15(14)20/h13-15,18,20H,4-12H2,1-3H3. The lowest BCUT2D eigenvalue weighted by Gasteiger charge is -2.36. The van der Waals surface area contributed by atoms with Crippen molar-refractivity contribution >= 4 is 6.09 Å². The second kappa shape index (κ2) is 7.64. The van der Waals surface area contributed by atoms with Gasteiger partial charge in [0.15, 0.2) is 0 Å². The number of likely N-dealkylation sites (tertiary alicyclic amines) is 1. The number of ether oxygens (including phenoxy) is 1. The molecule has 1 aliphatic carbocycles. The summed E-state index contributed by atoms with van der Waals surface area (Å²) in [5.41, 5.74) is -0.434. The van der Waals surface area contributed by atoms with Crippen molar-refractivity contribution < 1.29 is 14.6 Å². The van der Waals surface area contributed by atoms with E-state index >= 15 is 0 Å². The van der Waals surface area contributed by atoms with Gasteiger partial charge in [0, 0.05) is 25.2 Å². The zero-order valence-electron chi connectivity index (χ0n) is 14.3. The summed E-state index contributed by atoms with van der Waals surface area (Å²) in [7, 11) is 0. The maximum absolute atomic E-state index is 12.1. The van der Waals surface area contributed by atoms with Gasteiger partial charge in [-0.15, -0.1) is 0 Å². The molecule has 2 fully saturated rings. The van der Waals surface area contributed by atoms with Crippen LogP contribution in [0.5, 0.6) is 0 Å². The Bertz CT molecular complexity index is 359. The molecule has 0 aromatic heterocycles. The molecule has 22 heavy (non-hydrogen) atoms. The summed E-state index contributed by atoms with van der Waals surface area (Å²) < 4.78 is 5.42. The highest BCUT2D eigenvalue weighted by Gasteiger charge is 2.29. The normalized spacial score (nSPS) is 28.3. The number of amides is 1. The van der Waals surface area contributed by atoms with Crippen LogP contribution in [-0.4, -0.2) is 53.0 Å². The molecular weight excluding hydrogens is 280 g/mol. The van der Waals surface area contributed by atoms with Gasteiger partial charge in [-0.1, -0.05) is 19.3 Å².